The molecule has 1 aliphatic rings. The highest BCUT2D eigenvalue weighted by Gasteiger charge is 2.17. The number of amides is 2. The van der Waals surface area contributed by atoms with Gasteiger partial charge in [0.15, 0.2) is 0 Å². The Bertz CT molecular complexity index is 167. The Hall–Kier alpha value is -0.810. The number of nitrogens with one attached hydrogen (secondary N) is 2. The monoisotopic (exact) mass is 188 g/mol. The van der Waals surface area contributed by atoms with Crippen LogP contribution in [-0.2, 0) is 4.74 Å². The second-order valence-electron chi connectivity index (χ2n) is 3.26. The summed E-state index contributed by atoms with van der Waals surface area (Å²) < 4.78 is 5.09. The molecule has 0 aliphatic carbocycles. The number of aliphatic hydroxyl groups excluding tert-OH is 1. The molecule has 13 heavy (non-hydrogen) atoms. The molecule has 1 aliphatic heterocycles. The molecule has 0 aromatic carbocycles. The first-order valence-electron chi connectivity index (χ1n) is 4.48. The van der Waals surface area contributed by atoms with E-state index in [-0.39, 0.29) is 18.6 Å². The minimum atomic E-state index is -0.509. The smallest absolute Gasteiger partial charge is 0.315 e. The summed E-state index contributed by atoms with van der Waals surface area (Å²) in [4.78, 5) is 11.1. The third-order valence-corrected chi connectivity index (χ3v) is 1.82. The van der Waals surface area contributed by atoms with Crippen LogP contribution in [0, 0.1) is 0 Å². The zero-order valence-corrected chi connectivity index (χ0v) is 7.75. The van der Waals surface area contributed by atoms with Gasteiger partial charge in [0.1, 0.15) is 0 Å². The number of urea groups is 1. The Labute approximate surface area is 77.5 Å². The Morgan fingerprint density at radius 3 is 3.08 bits per heavy atom. The van der Waals surface area contributed by atoms with Gasteiger partial charge in [0.05, 0.1) is 18.8 Å². The van der Waals surface area contributed by atoms with Gasteiger partial charge in [-0.25, -0.2) is 4.79 Å². The summed E-state index contributed by atoms with van der Waals surface area (Å²) >= 11 is 0. The first kappa shape index (κ1) is 10.3. The van der Waals surface area contributed by atoms with Crippen molar-refractivity contribution in [2.45, 2.75) is 25.5 Å². The zero-order valence-electron chi connectivity index (χ0n) is 7.75. The number of carbonyl (C=O) groups excluding carboxylic acids is 1. The van der Waals surface area contributed by atoms with Crippen LogP contribution in [0.4, 0.5) is 4.79 Å². The predicted octanol–water partition coefficient (Wildman–Crippen LogP) is -0.545. The van der Waals surface area contributed by atoms with Crippen molar-refractivity contribution in [3.63, 3.8) is 0 Å². The van der Waals surface area contributed by atoms with E-state index in [1.165, 1.54) is 0 Å². The SMILES string of the molecule is C[C@@H](O)CNC(=O)NC1CCOC1. The second kappa shape index (κ2) is 5.04. The van der Waals surface area contributed by atoms with E-state index in [2.05, 4.69) is 10.6 Å². The van der Waals surface area contributed by atoms with Gasteiger partial charge >= 0.3 is 6.03 Å². The molecule has 0 aromatic rings. The lowest BCUT2D eigenvalue weighted by Crippen LogP contribution is -2.44. The van der Waals surface area contributed by atoms with Crippen LogP contribution in [0.25, 0.3) is 0 Å². The molecule has 1 heterocycles. The minimum Gasteiger partial charge on any atom is -0.392 e. The first-order valence-corrected chi connectivity index (χ1v) is 4.48. The van der Waals surface area contributed by atoms with E-state index in [0.29, 0.717) is 13.2 Å². The maximum absolute atomic E-state index is 11.1. The Morgan fingerprint density at radius 1 is 1.77 bits per heavy atom. The summed E-state index contributed by atoms with van der Waals surface area (Å²) in [5.41, 5.74) is 0. The lowest BCUT2D eigenvalue weighted by atomic mass is 10.3. The molecule has 0 saturated carbocycles. The van der Waals surface area contributed by atoms with E-state index in [0.717, 1.165) is 6.42 Å². The number of aliphatic hydroxyl groups is 1. The maximum Gasteiger partial charge on any atom is 0.315 e. The molecule has 0 radical (unpaired) electrons. The molecule has 0 bridgehead atoms. The fraction of sp³-hybridized carbons (Fsp3) is 0.875. The quantitative estimate of drug-likeness (QED) is 0.557. The third-order valence-electron chi connectivity index (χ3n) is 1.82. The van der Waals surface area contributed by atoms with Gasteiger partial charge in [-0.15, -0.1) is 0 Å². The van der Waals surface area contributed by atoms with Crippen LogP contribution in [0.1, 0.15) is 13.3 Å². The molecular formula is C8H16N2O3. The summed E-state index contributed by atoms with van der Waals surface area (Å²) in [6.07, 6.45) is 0.354. The standard InChI is InChI=1S/C8H16N2O3/c1-6(11)4-9-8(12)10-7-2-3-13-5-7/h6-7,11H,2-5H2,1H3,(H2,9,10,12)/t6-,7?/m1/s1. The number of rotatable bonds is 3. The van der Waals surface area contributed by atoms with Gasteiger partial charge in [-0.2, -0.15) is 0 Å². The van der Waals surface area contributed by atoms with E-state index in [1.807, 2.05) is 0 Å². The van der Waals surface area contributed by atoms with Crippen LogP contribution >= 0.6 is 0 Å². The molecular weight excluding hydrogens is 172 g/mol. The van der Waals surface area contributed by atoms with Gasteiger partial charge in [0.25, 0.3) is 0 Å². The Balaban J connectivity index is 2.09. The Morgan fingerprint density at radius 2 is 2.54 bits per heavy atom. The lowest BCUT2D eigenvalue weighted by Gasteiger charge is -2.12. The molecule has 1 unspecified atom stereocenters. The van der Waals surface area contributed by atoms with E-state index < -0.39 is 6.10 Å². The molecule has 1 rings (SSSR count). The fourth-order valence-electron chi connectivity index (χ4n) is 1.13. The average Bonchev–Trinajstić information content (AvgIpc) is 2.53. The van der Waals surface area contributed by atoms with E-state index in [1.54, 1.807) is 6.92 Å². The first-order chi connectivity index (χ1) is 6.18. The maximum atomic E-state index is 11.1. The third kappa shape index (κ3) is 4.10. The highest BCUT2D eigenvalue weighted by molar-refractivity contribution is 5.74. The van der Waals surface area contributed by atoms with Crippen LogP contribution in [0.15, 0.2) is 0 Å². The molecule has 2 atom stereocenters. The number of hydrogen-bond acceptors (Lipinski definition) is 3. The summed E-state index contributed by atoms with van der Waals surface area (Å²) in [6.45, 7) is 3.20. The predicted molar refractivity (Wildman–Crippen MR) is 47.4 cm³/mol. The van der Waals surface area contributed by atoms with E-state index >= 15 is 0 Å². The van der Waals surface area contributed by atoms with Crippen LogP contribution in [0.2, 0.25) is 0 Å². The number of carbonyl (C=O) groups is 1. The molecule has 1 fully saturated rings. The van der Waals surface area contributed by atoms with Gasteiger partial charge < -0.3 is 20.5 Å². The van der Waals surface area contributed by atoms with Crippen molar-refractivity contribution in [2.75, 3.05) is 19.8 Å². The van der Waals surface area contributed by atoms with Crippen molar-refractivity contribution >= 4 is 6.03 Å². The van der Waals surface area contributed by atoms with Crippen LogP contribution in [-0.4, -0.2) is 43.0 Å². The molecule has 0 spiro atoms. The van der Waals surface area contributed by atoms with Crippen molar-refractivity contribution in [3.05, 3.63) is 0 Å². The molecule has 76 valence electrons. The highest BCUT2D eigenvalue weighted by Crippen LogP contribution is 2.02. The molecule has 5 nitrogen and oxygen atoms in total. The highest BCUT2D eigenvalue weighted by atomic mass is 16.5. The van der Waals surface area contributed by atoms with E-state index in [9.17, 15) is 4.79 Å². The van der Waals surface area contributed by atoms with Gasteiger partial charge in [0.2, 0.25) is 0 Å². The largest absolute Gasteiger partial charge is 0.392 e. The van der Waals surface area contributed by atoms with Crippen LogP contribution in [0.3, 0.4) is 0 Å². The molecule has 2 amide bonds. The van der Waals surface area contributed by atoms with Gasteiger partial charge in [-0.1, -0.05) is 0 Å². The van der Waals surface area contributed by atoms with Crippen molar-refractivity contribution in [3.8, 4) is 0 Å². The number of hydrogen-bond donors (Lipinski definition) is 3. The zero-order chi connectivity index (χ0) is 9.68. The van der Waals surface area contributed by atoms with Crippen molar-refractivity contribution < 1.29 is 14.6 Å². The van der Waals surface area contributed by atoms with Crippen molar-refractivity contribution in [2.24, 2.45) is 0 Å². The topological polar surface area (TPSA) is 70.6 Å². The fourth-order valence-corrected chi connectivity index (χ4v) is 1.13. The van der Waals surface area contributed by atoms with Crippen LogP contribution < -0.4 is 10.6 Å². The normalized spacial score (nSPS) is 24.0. The minimum absolute atomic E-state index is 0.119. The summed E-state index contributed by atoms with van der Waals surface area (Å²) in [7, 11) is 0. The van der Waals surface area contributed by atoms with Crippen LogP contribution in [0.5, 0.6) is 0 Å². The Kier molecular flexibility index (Phi) is 3.98. The molecule has 0 aromatic heterocycles. The number of ether oxygens (including phenoxy) is 1. The molecule has 3 N–H and O–H groups in total. The summed E-state index contributed by atoms with van der Waals surface area (Å²) in [5, 5.41) is 14.2. The van der Waals surface area contributed by atoms with Gasteiger partial charge in [-0.3, -0.25) is 0 Å². The second-order valence-corrected chi connectivity index (χ2v) is 3.26. The summed E-state index contributed by atoms with van der Waals surface area (Å²) in [6, 6.07) is -0.120. The van der Waals surface area contributed by atoms with Gasteiger partial charge in [-0.05, 0) is 13.3 Å². The van der Waals surface area contributed by atoms with Crippen molar-refractivity contribution in [1.82, 2.24) is 10.6 Å². The summed E-state index contributed by atoms with van der Waals surface area (Å²) in [5.74, 6) is 0. The average molecular weight is 188 g/mol. The van der Waals surface area contributed by atoms with Gasteiger partial charge in [0, 0.05) is 13.2 Å². The van der Waals surface area contributed by atoms with Crippen molar-refractivity contribution in [1.29, 1.82) is 0 Å². The van der Waals surface area contributed by atoms with E-state index in [4.69, 9.17) is 9.84 Å². The molecule has 1 saturated heterocycles. The lowest BCUT2D eigenvalue weighted by molar-refractivity contribution is 0.181. The molecule has 5 heteroatoms.